The molecule has 1 aliphatic rings. The lowest BCUT2D eigenvalue weighted by Gasteiger charge is -2.25. The standard InChI is InChI=1S/C22H33FN2O2/c1-3-13-24(14-4-2)21(26)11-6-12-22(27)25-15-7-10-20(25)17-18-8-5-9-19(23)16-18/h5,8-9,16,20H,3-4,6-7,10-15,17H2,1-2H3. The minimum absolute atomic E-state index is 0.124. The van der Waals surface area contributed by atoms with E-state index >= 15 is 0 Å². The van der Waals surface area contributed by atoms with Crippen molar-refractivity contribution in [2.24, 2.45) is 0 Å². The first-order valence-corrected chi connectivity index (χ1v) is 10.4. The van der Waals surface area contributed by atoms with Crippen molar-refractivity contribution < 1.29 is 14.0 Å². The van der Waals surface area contributed by atoms with Gasteiger partial charge in [-0.15, -0.1) is 0 Å². The number of rotatable bonds is 10. The summed E-state index contributed by atoms with van der Waals surface area (Å²) in [5.41, 5.74) is 0.935. The average molecular weight is 377 g/mol. The third kappa shape index (κ3) is 6.64. The van der Waals surface area contributed by atoms with Crippen molar-refractivity contribution in [3.63, 3.8) is 0 Å². The van der Waals surface area contributed by atoms with Crippen LogP contribution in [0.1, 0.15) is 64.4 Å². The summed E-state index contributed by atoms with van der Waals surface area (Å²) in [6.45, 7) is 6.51. The van der Waals surface area contributed by atoms with Gasteiger partial charge >= 0.3 is 0 Å². The van der Waals surface area contributed by atoms with E-state index in [0.717, 1.165) is 50.9 Å². The van der Waals surface area contributed by atoms with Gasteiger partial charge in [-0.25, -0.2) is 4.39 Å². The second-order valence-electron chi connectivity index (χ2n) is 7.45. The Morgan fingerprint density at radius 3 is 2.59 bits per heavy atom. The Kier molecular flexibility index (Phi) is 8.76. The highest BCUT2D eigenvalue weighted by Gasteiger charge is 2.28. The number of hydrogen-bond donors (Lipinski definition) is 0. The quantitative estimate of drug-likeness (QED) is 0.615. The number of amides is 2. The summed E-state index contributed by atoms with van der Waals surface area (Å²) in [5, 5.41) is 0. The van der Waals surface area contributed by atoms with E-state index < -0.39 is 0 Å². The predicted octanol–water partition coefficient (Wildman–Crippen LogP) is 4.18. The van der Waals surface area contributed by atoms with Gasteiger partial charge in [0.2, 0.25) is 11.8 Å². The van der Waals surface area contributed by atoms with E-state index in [9.17, 15) is 14.0 Å². The van der Waals surface area contributed by atoms with Crippen LogP contribution in [0.15, 0.2) is 24.3 Å². The van der Waals surface area contributed by atoms with Crippen LogP contribution >= 0.6 is 0 Å². The van der Waals surface area contributed by atoms with Crippen molar-refractivity contribution in [2.45, 2.75) is 71.3 Å². The van der Waals surface area contributed by atoms with E-state index in [4.69, 9.17) is 0 Å². The second-order valence-corrected chi connectivity index (χ2v) is 7.45. The van der Waals surface area contributed by atoms with Crippen molar-refractivity contribution >= 4 is 11.8 Å². The van der Waals surface area contributed by atoms with Crippen LogP contribution in [-0.4, -0.2) is 47.3 Å². The Labute approximate surface area is 162 Å². The highest BCUT2D eigenvalue weighted by atomic mass is 19.1. The van der Waals surface area contributed by atoms with Gasteiger partial charge < -0.3 is 9.80 Å². The molecule has 1 saturated heterocycles. The summed E-state index contributed by atoms with van der Waals surface area (Å²) in [5.74, 6) is 0.0501. The van der Waals surface area contributed by atoms with Gasteiger partial charge in [-0.2, -0.15) is 0 Å². The second kappa shape index (κ2) is 11.1. The minimum Gasteiger partial charge on any atom is -0.343 e. The van der Waals surface area contributed by atoms with E-state index in [1.807, 2.05) is 15.9 Å². The summed E-state index contributed by atoms with van der Waals surface area (Å²) in [6, 6.07) is 6.77. The van der Waals surface area contributed by atoms with Crippen LogP contribution in [0.5, 0.6) is 0 Å². The molecule has 0 aromatic heterocycles. The summed E-state index contributed by atoms with van der Waals surface area (Å²) in [4.78, 5) is 28.8. The van der Waals surface area contributed by atoms with Gasteiger partial charge in [0.05, 0.1) is 0 Å². The Bertz CT molecular complexity index is 614. The van der Waals surface area contributed by atoms with Gasteiger partial charge in [0.15, 0.2) is 0 Å². The van der Waals surface area contributed by atoms with Gasteiger partial charge in [-0.05, 0) is 56.2 Å². The number of nitrogens with zero attached hydrogens (tertiary/aromatic N) is 2. The molecule has 1 unspecified atom stereocenters. The highest BCUT2D eigenvalue weighted by Crippen LogP contribution is 2.23. The molecule has 1 aromatic carbocycles. The molecule has 0 bridgehead atoms. The fraction of sp³-hybridized carbons (Fsp3) is 0.636. The maximum absolute atomic E-state index is 13.4. The molecule has 0 N–H and O–H groups in total. The molecule has 2 amide bonds. The summed E-state index contributed by atoms with van der Waals surface area (Å²) < 4.78 is 13.4. The van der Waals surface area contributed by atoms with Crippen molar-refractivity contribution in [1.29, 1.82) is 0 Å². The fourth-order valence-corrected chi connectivity index (χ4v) is 3.91. The van der Waals surface area contributed by atoms with E-state index in [1.165, 1.54) is 6.07 Å². The van der Waals surface area contributed by atoms with Crippen LogP contribution in [0.2, 0.25) is 0 Å². The minimum atomic E-state index is -0.231. The lowest BCUT2D eigenvalue weighted by Crippen LogP contribution is -2.37. The van der Waals surface area contributed by atoms with Gasteiger partial charge in [0, 0.05) is 38.5 Å². The molecule has 2 rings (SSSR count). The van der Waals surface area contributed by atoms with Crippen LogP contribution in [-0.2, 0) is 16.0 Å². The van der Waals surface area contributed by atoms with Gasteiger partial charge in [-0.3, -0.25) is 9.59 Å². The van der Waals surface area contributed by atoms with Crippen molar-refractivity contribution in [2.75, 3.05) is 19.6 Å². The first-order chi connectivity index (χ1) is 13.0. The zero-order chi connectivity index (χ0) is 19.6. The van der Waals surface area contributed by atoms with Crippen molar-refractivity contribution in [3.8, 4) is 0 Å². The number of likely N-dealkylation sites (tertiary alicyclic amines) is 1. The van der Waals surface area contributed by atoms with Crippen LogP contribution in [0.25, 0.3) is 0 Å². The van der Waals surface area contributed by atoms with Crippen LogP contribution in [0.4, 0.5) is 4.39 Å². The summed E-state index contributed by atoms with van der Waals surface area (Å²) >= 11 is 0. The third-order valence-corrected chi connectivity index (χ3v) is 5.18. The molecule has 0 radical (unpaired) electrons. The van der Waals surface area contributed by atoms with Crippen LogP contribution in [0, 0.1) is 5.82 Å². The van der Waals surface area contributed by atoms with Gasteiger partial charge in [-0.1, -0.05) is 26.0 Å². The maximum Gasteiger partial charge on any atom is 0.222 e. The molecule has 0 spiro atoms. The molecule has 1 aromatic rings. The topological polar surface area (TPSA) is 40.6 Å². The zero-order valence-corrected chi connectivity index (χ0v) is 16.8. The van der Waals surface area contributed by atoms with Crippen LogP contribution in [0.3, 0.4) is 0 Å². The zero-order valence-electron chi connectivity index (χ0n) is 16.8. The lowest BCUT2D eigenvalue weighted by molar-refractivity contribution is -0.133. The van der Waals surface area contributed by atoms with E-state index in [2.05, 4.69) is 13.8 Å². The fourth-order valence-electron chi connectivity index (χ4n) is 3.91. The molecule has 1 fully saturated rings. The molecular weight excluding hydrogens is 343 g/mol. The summed E-state index contributed by atoms with van der Waals surface area (Å²) in [6.07, 6.45) is 6.02. The molecular formula is C22H33FN2O2. The Morgan fingerprint density at radius 1 is 1.19 bits per heavy atom. The molecule has 1 atom stereocenters. The lowest BCUT2D eigenvalue weighted by atomic mass is 10.0. The van der Waals surface area contributed by atoms with E-state index in [1.54, 1.807) is 12.1 Å². The van der Waals surface area contributed by atoms with Gasteiger partial charge in [0.1, 0.15) is 5.82 Å². The molecule has 4 nitrogen and oxygen atoms in total. The first-order valence-electron chi connectivity index (χ1n) is 10.4. The molecule has 5 heteroatoms. The van der Waals surface area contributed by atoms with E-state index in [-0.39, 0.29) is 23.7 Å². The van der Waals surface area contributed by atoms with Crippen molar-refractivity contribution in [3.05, 3.63) is 35.6 Å². The highest BCUT2D eigenvalue weighted by molar-refractivity contribution is 5.79. The van der Waals surface area contributed by atoms with Gasteiger partial charge in [0.25, 0.3) is 0 Å². The number of benzene rings is 1. The first kappa shape index (κ1) is 21.4. The monoisotopic (exact) mass is 376 g/mol. The smallest absolute Gasteiger partial charge is 0.222 e. The molecule has 150 valence electrons. The Balaban J connectivity index is 1.81. The number of carbonyl (C=O) groups excluding carboxylic acids is 2. The largest absolute Gasteiger partial charge is 0.343 e. The van der Waals surface area contributed by atoms with E-state index in [0.29, 0.717) is 25.7 Å². The predicted molar refractivity (Wildman–Crippen MR) is 106 cm³/mol. The molecule has 27 heavy (non-hydrogen) atoms. The number of hydrogen-bond acceptors (Lipinski definition) is 2. The molecule has 1 aliphatic heterocycles. The average Bonchev–Trinajstić information content (AvgIpc) is 3.09. The summed E-state index contributed by atoms with van der Waals surface area (Å²) in [7, 11) is 0. The SMILES string of the molecule is CCCN(CCC)C(=O)CCCC(=O)N1CCCC1Cc1cccc(F)c1. The molecule has 1 heterocycles. The third-order valence-electron chi connectivity index (χ3n) is 5.18. The Hall–Kier alpha value is -1.91. The number of halogens is 1. The normalized spacial score (nSPS) is 16.6. The van der Waals surface area contributed by atoms with Crippen molar-refractivity contribution in [1.82, 2.24) is 9.80 Å². The van der Waals surface area contributed by atoms with Crippen LogP contribution < -0.4 is 0 Å². The Morgan fingerprint density at radius 2 is 1.93 bits per heavy atom. The molecule has 0 aliphatic carbocycles. The number of carbonyl (C=O) groups is 2. The molecule has 0 saturated carbocycles. The maximum atomic E-state index is 13.4.